The Morgan fingerprint density at radius 2 is 2.00 bits per heavy atom. The maximum Gasteiger partial charge on any atom is 0.328 e. The van der Waals surface area contributed by atoms with Gasteiger partial charge in [-0.05, 0) is 36.6 Å². The zero-order chi connectivity index (χ0) is 15.1. The molecule has 1 aromatic carbocycles. The molecule has 1 amide bonds. The summed E-state index contributed by atoms with van der Waals surface area (Å²) in [4.78, 5) is 22.2. The third-order valence-corrected chi connectivity index (χ3v) is 3.03. The SMILES string of the molecule is CCC(CC)C(=O)Nc1ccc(C=CC(=O)O)cc1F. The molecule has 0 spiro atoms. The molecule has 0 unspecified atom stereocenters. The van der Waals surface area contributed by atoms with E-state index in [1.54, 1.807) is 6.07 Å². The number of anilines is 1. The summed E-state index contributed by atoms with van der Waals surface area (Å²) in [7, 11) is 0. The molecular weight excluding hydrogens is 261 g/mol. The van der Waals surface area contributed by atoms with Crippen molar-refractivity contribution in [2.45, 2.75) is 26.7 Å². The summed E-state index contributed by atoms with van der Waals surface area (Å²) in [6, 6.07) is 4.16. The fraction of sp³-hybridized carbons (Fsp3) is 0.333. The molecule has 0 atom stereocenters. The lowest BCUT2D eigenvalue weighted by atomic mass is 10.0. The van der Waals surface area contributed by atoms with Crippen LogP contribution in [0.15, 0.2) is 24.3 Å². The van der Waals surface area contributed by atoms with Gasteiger partial charge >= 0.3 is 5.97 Å². The number of benzene rings is 1. The van der Waals surface area contributed by atoms with E-state index in [2.05, 4.69) is 5.32 Å². The Morgan fingerprint density at radius 3 is 2.50 bits per heavy atom. The highest BCUT2D eigenvalue weighted by atomic mass is 19.1. The Hall–Kier alpha value is -2.17. The smallest absolute Gasteiger partial charge is 0.328 e. The van der Waals surface area contributed by atoms with Crippen LogP contribution in [0.5, 0.6) is 0 Å². The van der Waals surface area contributed by atoms with Crippen molar-refractivity contribution in [2.75, 3.05) is 5.32 Å². The first-order chi connectivity index (χ1) is 9.47. The molecule has 0 aliphatic rings. The van der Waals surface area contributed by atoms with E-state index in [9.17, 15) is 14.0 Å². The molecule has 0 heterocycles. The Balaban J connectivity index is 2.83. The zero-order valence-corrected chi connectivity index (χ0v) is 11.5. The van der Waals surface area contributed by atoms with Crippen LogP contribution in [0.25, 0.3) is 6.08 Å². The first kappa shape index (κ1) is 15.9. The van der Waals surface area contributed by atoms with E-state index < -0.39 is 11.8 Å². The number of amides is 1. The van der Waals surface area contributed by atoms with Crippen molar-refractivity contribution in [3.8, 4) is 0 Å². The minimum Gasteiger partial charge on any atom is -0.478 e. The second-order valence-corrected chi connectivity index (χ2v) is 4.41. The van der Waals surface area contributed by atoms with Crippen molar-refractivity contribution in [3.63, 3.8) is 0 Å². The topological polar surface area (TPSA) is 66.4 Å². The molecule has 0 radical (unpaired) electrons. The standard InChI is InChI=1S/C15H18FNO3/c1-3-11(4-2)15(20)17-13-7-5-10(9-12(13)16)6-8-14(18)19/h5-9,11H,3-4H2,1-2H3,(H,17,20)(H,18,19). The number of halogens is 1. The number of rotatable bonds is 6. The van der Waals surface area contributed by atoms with Crippen LogP contribution in [0.1, 0.15) is 32.3 Å². The lowest BCUT2D eigenvalue weighted by Crippen LogP contribution is -2.22. The Kier molecular flexibility index (Phi) is 5.90. The zero-order valence-electron chi connectivity index (χ0n) is 11.5. The van der Waals surface area contributed by atoms with Gasteiger partial charge in [-0.1, -0.05) is 19.9 Å². The van der Waals surface area contributed by atoms with Gasteiger partial charge < -0.3 is 10.4 Å². The third kappa shape index (κ3) is 4.50. The van der Waals surface area contributed by atoms with Gasteiger partial charge in [-0.2, -0.15) is 0 Å². The van der Waals surface area contributed by atoms with Crippen LogP contribution in [0.4, 0.5) is 10.1 Å². The van der Waals surface area contributed by atoms with E-state index >= 15 is 0 Å². The first-order valence-corrected chi connectivity index (χ1v) is 6.49. The second-order valence-electron chi connectivity index (χ2n) is 4.41. The fourth-order valence-electron chi connectivity index (χ4n) is 1.80. The highest BCUT2D eigenvalue weighted by molar-refractivity contribution is 5.92. The van der Waals surface area contributed by atoms with Crippen molar-refractivity contribution < 1.29 is 19.1 Å². The van der Waals surface area contributed by atoms with Crippen molar-refractivity contribution in [1.29, 1.82) is 0 Å². The minimum atomic E-state index is -1.10. The van der Waals surface area contributed by atoms with Crippen LogP contribution in [0, 0.1) is 11.7 Å². The summed E-state index contributed by atoms with van der Waals surface area (Å²) in [5.41, 5.74) is 0.528. The minimum absolute atomic E-state index is 0.106. The molecule has 1 rings (SSSR count). The monoisotopic (exact) mass is 279 g/mol. The number of hydrogen-bond acceptors (Lipinski definition) is 2. The summed E-state index contributed by atoms with van der Waals surface area (Å²) in [5, 5.41) is 11.0. The predicted molar refractivity (Wildman–Crippen MR) is 75.8 cm³/mol. The number of hydrogen-bond donors (Lipinski definition) is 2. The Labute approximate surface area is 117 Å². The summed E-state index contributed by atoms with van der Waals surface area (Å²) in [5.74, 6) is -2.03. The normalized spacial score (nSPS) is 11.0. The summed E-state index contributed by atoms with van der Waals surface area (Å²) in [6.07, 6.45) is 3.61. The van der Waals surface area contributed by atoms with Gasteiger partial charge in [-0.3, -0.25) is 4.79 Å². The largest absolute Gasteiger partial charge is 0.478 e. The number of carboxylic acids is 1. The van der Waals surface area contributed by atoms with Crippen LogP contribution < -0.4 is 5.32 Å². The Morgan fingerprint density at radius 1 is 1.35 bits per heavy atom. The van der Waals surface area contributed by atoms with Gasteiger partial charge in [0.05, 0.1) is 5.69 Å². The highest BCUT2D eigenvalue weighted by Gasteiger charge is 2.15. The van der Waals surface area contributed by atoms with Crippen molar-refractivity contribution in [1.82, 2.24) is 0 Å². The summed E-state index contributed by atoms with van der Waals surface area (Å²) >= 11 is 0. The van der Waals surface area contributed by atoms with Crippen molar-refractivity contribution in [2.24, 2.45) is 5.92 Å². The van der Waals surface area contributed by atoms with E-state index in [-0.39, 0.29) is 17.5 Å². The lowest BCUT2D eigenvalue weighted by molar-refractivity contribution is -0.131. The van der Waals surface area contributed by atoms with Gasteiger partial charge in [0.25, 0.3) is 0 Å². The van der Waals surface area contributed by atoms with Crippen LogP contribution in [-0.4, -0.2) is 17.0 Å². The number of carbonyl (C=O) groups excluding carboxylic acids is 1. The second kappa shape index (κ2) is 7.43. The lowest BCUT2D eigenvalue weighted by Gasteiger charge is -2.13. The summed E-state index contributed by atoms with van der Waals surface area (Å²) in [6.45, 7) is 3.81. The number of nitrogens with one attached hydrogen (secondary N) is 1. The maximum absolute atomic E-state index is 13.8. The molecule has 108 valence electrons. The molecule has 2 N–H and O–H groups in total. The molecule has 0 bridgehead atoms. The van der Waals surface area contributed by atoms with Gasteiger partial charge in [-0.25, -0.2) is 9.18 Å². The molecule has 0 saturated carbocycles. The van der Waals surface area contributed by atoms with E-state index in [0.717, 1.165) is 6.08 Å². The van der Waals surface area contributed by atoms with Gasteiger partial charge in [0.15, 0.2) is 0 Å². The van der Waals surface area contributed by atoms with E-state index in [0.29, 0.717) is 18.4 Å². The fourth-order valence-corrected chi connectivity index (χ4v) is 1.80. The van der Waals surface area contributed by atoms with Crippen molar-refractivity contribution in [3.05, 3.63) is 35.7 Å². The van der Waals surface area contributed by atoms with Crippen molar-refractivity contribution >= 4 is 23.6 Å². The van der Waals surface area contributed by atoms with Crippen LogP contribution in [0.2, 0.25) is 0 Å². The van der Waals surface area contributed by atoms with E-state index in [1.165, 1.54) is 18.2 Å². The predicted octanol–water partition coefficient (Wildman–Crippen LogP) is 3.30. The molecule has 0 aliphatic carbocycles. The van der Waals surface area contributed by atoms with Crippen LogP contribution in [0.3, 0.4) is 0 Å². The van der Waals surface area contributed by atoms with Crippen LogP contribution >= 0.6 is 0 Å². The molecule has 5 heteroatoms. The average molecular weight is 279 g/mol. The molecular formula is C15H18FNO3. The molecule has 4 nitrogen and oxygen atoms in total. The first-order valence-electron chi connectivity index (χ1n) is 6.49. The number of aliphatic carboxylic acids is 1. The molecule has 20 heavy (non-hydrogen) atoms. The van der Waals surface area contributed by atoms with Gasteiger partial charge in [0.2, 0.25) is 5.91 Å². The number of carboxylic acid groups (broad SMARTS) is 1. The van der Waals surface area contributed by atoms with Gasteiger partial charge in [0, 0.05) is 12.0 Å². The molecule has 0 saturated heterocycles. The van der Waals surface area contributed by atoms with Gasteiger partial charge in [0.1, 0.15) is 5.82 Å². The third-order valence-electron chi connectivity index (χ3n) is 3.03. The van der Waals surface area contributed by atoms with Gasteiger partial charge in [-0.15, -0.1) is 0 Å². The highest BCUT2D eigenvalue weighted by Crippen LogP contribution is 2.19. The maximum atomic E-state index is 13.8. The Bertz CT molecular complexity index is 522. The van der Waals surface area contributed by atoms with E-state index in [4.69, 9.17) is 5.11 Å². The number of carbonyl (C=O) groups is 2. The summed E-state index contributed by atoms with van der Waals surface area (Å²) < 4.78 is 13.8. The quantitative estimate of drug-likeness (QED) is 0.785. The molecule has 1 aromatic rings. The van der Waals surface area contributed by atoms with Crippen LogP contribution in [-0.2, 0) is 9.59 Å². The molecule has 0 fully saturated rings. The average Bonchev–Trinajstić information content (AvgIpc) is 2.40. The molecule has 0 aliphatic heterocycles. The van der Waals surface area contributed by atoms with E-state index in [1.807, 2.05) is 13.8 Å². The molecule has 0 aromatic heterocycles.